The Morgan fingerprint density at radius 2 is 1.95 bits per heavy atom. The lowest BCUT2D eigenvalue weighted by Gasteiger charge is -2.06. The van der Waals surface area contributed by atoms with Crippen molar-refractivity contribution in [1.82, 2.24) is 10.2 Å². The normalized spacial score (nSPS) is 10.7. The molecule has 19 heavy (non-hydrogen) atoms. The highest BCUT2D eigenvalue weighted by atomic mass is 16.5. The molecule has 0 aliphatic carbocycles. The Morgan fingerprint density at radius 1 is 1.21 bits per heavy atom. The first-order valence-corrected chi connectivity index (χ1v) is 6.22. The van der Waals surface area contributed by atoms with Gasteiger partial charge in [0, 0.05) is 19.2 Å². The molecule has 1 aromatic heterocycles. The van der Waals surface area contributed by atoms with Gasteiger partial charge in [0.05, 0.1) is 18.0 Å². The molecule has 0 spiro atoms. The van der Waals surface area contributed by atoms with E-state index in [-0.39, 0.29) is 0 Å². The van der Waals surface area contributed by atoms with E-state index in [0.717, 1.165) is 28.3 Å². The number of ether oxygens (including phenoxy) is 2. The Labute approximate surface area is 112 Å². The number of methoxy groups -OCH3 is 1. The zero-order chi connectivity index (χ0) is 13.7. The fourth-order valence-corrected chi connectivity index (χ4v) is 1.87. The van der Waals surface area contributed by atoms with Gasteiger partial charge in [0.15, 0.2) is 0 Å². The first kappa shape index (κ1) is 13.6. The van der Waals surface area contributed by atoms with E-state index in [1.54, 1.807) is 7.11 Å². The van der Waals surface area contributed by atoms with Gasteiger partial charge in [-0.25, -0.2) is 0 Å². The summed E-state index contributed by atoms with van der Waals surface area (Å²) in [5.41, 5.74) is 9.68. The van der Waals surface area contributed by atoms with Gasteiger partial charge in [0.1, 0.15) is 12.4 Å². The topological polar surface area (TPSA) is 73.2 Å². The molecule has 2 aromatic rings. The van der Waals surface area contributed by atoms with Gasteiger partial charge in [-0.1, -0.05) is 0 Å². The molecule has 1 aromatic carbocycles. The molecule has 0 saturated carbocycles. The molecule has 0 fully saturated rings. The number of nitrogens with two attached hydrogens (primary N) is 1. The van der Waals surface area contributed by atoms with Crippen molar-refractivity contribution in [1.29, 1.82) is 0 Å². The van der Waals surface area contributed by atoms with Crippen LogP contribution < -0.4 is 10.5 Å². The molecule has 0 amide bonds. The fourth-order valence-electron chi connectivity index (χ4n) is 1.87. The van der Waals surface area contributed by atoms with Crippen LogP contribution in [-0.4, -0.2) is 30.5 Å². The number of benzene rings is 1. The standard InChI is InChI=1S/C14H19N3O2/c1-10-13(9-15)16-17-14(10)11-3-5-12(6-4-11)19-8-7-18-2/h3-6H,7-9,15H2,1-2H3,(H,16,17). The molecule has 0 saturated heterocycles. The summed E-state index contributed by atoms with van der Waals surface area (Å²) >= 11 is 0. The van der Waals surface area contributed by atoms with E-state index in [1.165, 1.54) is 0 Å². The fraction of sp³-hybridized carbons (Fsp3) is 0.357. The molecule has 0 aliphatic rings. The minimum absolute atomic E-state index is 0.469. The third-order valence-electron chi connectivity index (χ3n) is 3.00. The monoisotopic (exact) mass is 261 g/mol. The third-order valence-corrected chi connectivity index (χ3v) is 3.00. The summed E-state index contributed by atoms with van der Waals surface area (Å²) in [6.07, 6.45) is 0. The van der Waals surface area contributed by atoms with Crippen LogP contribution in [0.25, 0.3) is 11.3 Å². The van der Waals surface area contributed by atoms with Crippen LogP contribution in [0.2, 0.25) is 0 Å². The second-order valence-corrected chi connectivity index (χ2v) is 4.25. The molecule has 5 heteroatoms. The van der Waals surface area contributed by atoms with Crippen LogP contribution in [0.15, 0.2) is 24.3 Å². The second-order valence-electron chi connectivity index (χ2n) is 4.25. The van der Waals surface area contributed by atoms with Crippen molar-refractivity contribution >= 4 is 0 Å². The minimum Gasteiger partial charge on any atom is -0.491 e. The summed E-state index contributed by atoms with van der Waals surface area (Å²) in [7, 11) is 1.65. The highest BCUT2D eigenvalue weighted by Crippen LogP contribution is 2.25. The lowest BCUT2D eigenvalue weighted by atomic mass is 10.1. The van der Waals surface area contributed by atoms with Gasteiger partial charge in [0.25, 0.3) is 0 Å². The van der Waals surface area contributed by atoms with E-state index < -0.39 is 0 Å². The summed E-state index contributed by atoms with van der Waals surface area (Å²) in [6, 6.07) is 7.85. The van der Waals surface area contributed by atoms with Gasteiger partial charge in [-0.3, -0.25) is 5.10 Å². The van der Waals surface area contributed by atoms with Crippen molar-refractivity contribution in [3.63, 3.8) is 0 Å². The van der Waals surface area contributed by atoms with Crippen LogP contribution >= 0.6 is 0 Å². The zero-order valence-electron chi connectivity index (χ0n) is 11.3. The highest BCUT2D eigenvalue weighted by Gasteiger charge is 2.09. The average Bonchev–Trinajstić information content (AvgIpc) is 2.81. The predicted octanol–water partition coefficient (Wildman–Crippen LogP) is 1.87. The predicted molar refractivity (Wildman–Crippen MR) is 74.0 cm³/mol. The van der Waals surface area contributed by atoms with Crippen molar-refractivity contribution < 1.29 is 9.47 Å². The van der Waals surface area contributed by atoms with E-state index in [9.17, 15) is 0 Å². The number of nitrogens with one attached hydrogen (secondary N) is 1. The first-order valence-electron chi connectivity index (χ1n) is 6.22. The Kier molecular flexibility index (Phi) is 4.54. The molecule has 0 atom stereocenters. The van der Waals surface area contributed by atoms with Crippen LogP contribution in [0.3, 0.4) is 0 Å². The number of rotatable bonds is 6. The number of nitrogens with zero attached hydrogens (tertiary/aromatic N) is 1. The Hall–Kier alpha value is -1.85. The van der Waals surface area contributed by atoms with Gasteiger partial charge >= 0.3 is 0 Å². The third kappa shape index (κ3) is 3.13. The molecule has 0 bridgehead atoms. The number of hydrogen-bond acceptors (Lipinski definition) is 4. The van der Waals surface area contributed by atoms with Gasteiger partial charge in [-0.05, 0) is 36.8 Å². The lowest BCUT2D eigenvalue weighted by Crippen LogP contribution is -2.03. The summed E-state index contributed by atoms with van der Waals surface area (Å²) < 4.78 is 10.5. The lowest BCUT2D eigenvalue weighted by molar-refractivity contribution is 0.146. The molecular formula is C14H19N3O2. The summed E-state index contributed by atoms with van der Waals surface area (Å²) in [6.45, 7) is 3.62. The van der Waals surface area contributed by atoms with E-state index >= 15 is 0 Å². The van der Waals surface area contributed by atoms with Crippen LogP contribution in [0.4, 0.5) is 0 Å². The van der Waals surface area contributed by atoms with Gasteiger partial charge in [0.2, 0.25) is 0 Å². The van der Waals surface area contributed by atoms with Crippen molar-refractivity contribution in [2.24, 2.45) is 5.73 Å². The number of aromatic amines is 1. The smallest absolute Gasteiger partial charge is 0.119 e. The van der Waals surface area contributed by atoms with E-state index in [4.69, 9.17) is 15.2 Å². The SMILES string of the molecule is COCCOc1ccc(-c2n[nH]c(CN)c2C)cc1. The van der Waals surface area contributed by atoms with E-state index in [1.807, 2.05) is 31.2 Å². The van der Waals surface area contributed by atoms with Gasteiger partial charge in [-0.15, -0.1) is 0 Å². The number of aromatic nitrogens is 2. The van der Waals surface area contributed by atoms with Gasteiger partial charge in [-0.2, -0.15) is 5.10 Å². The van der Waals surface area contributed by atoms with Crippen LogP contribution in [0.1, 0.15) is 11.3 Å². The quantitative estimate of drug-likeness (QED) is 0.779. The van der Waals surface area contributed by atoms with Crippen LogP contribution in [0.5, 0.6) is 5.75 Å². The molecule has 0 radical (unpaired) electrons. The molecule has 2 rings (SSSR count). The minimum atomic E-state index is 0.469. The average molecular weight is 261 g/mol. The molecule has 5 nitrogen and oxygen atoms in total. The first-order chi connectivity index (χ1) is 9.26. The second kappa shape index (κ2) is 6.36. The summed E-state index contributed by atoms with van der Waals surface area (Å²) in [5, 5.41) is 7.25. The summed E-state index contributed by atoms with van der Waals surface area (Å²) in [5.74, 6) is 0.827. The maximum atomic E-state index is 5.63. The molecule has 1 heterocycles. The van der Waals surface area contributed by atoms with Gasteiger partial charge < -0.3 is 15.2 Å². The van der Waals surface area contributed by atoms with Crippen molar-refractivity contribution in [2.75, 3.05) is 20.3 Å². The van der Waals surface area contributed by atoms with Crippen molar-refractivity contribution in [3.8, 4) is 17.0 Å². The van der Waals surface area contributed by atoms with E-state index in [0.29, 0.717) is 19.8 Å². The van der Waals surface area contributed by atoms with Crippen molar-refractivity contribution in [2.45, 2.75) is 13.5 Å². The largest absolute Gasteiger partial charge is 0.491 e. The maximum Gasteiger partial charge on any atom is 0.119 e. The number of H-pyrrole nitrogens is 1. The Balaban J connectivity index is 2.11. The Bertz CT molecular complexity index is 520. The van der Waals surface area contributed by atoms with E-state index in [2.05, 4.69) is 10.2 Å². The molecule has 3 N–H and O–H groups in total. The maximum absolute atomic E-state index is 5.63. The molecule has 0 aliphatic heterocycles. The molecule has 0 unspecified atom stereocenters. The number of hydrogen-bond donors (Lipinski definition) is 2. The Morgan fingerprint density at radius 3 is 2.53 bits per heavy atom. The highest BCUT2D eigenvalue weighted by molar-refractivity contribution is 5.64. The zero-order valence-corrected chi connectivity index (χ0v) is 11.3. The molecular weight excluding hydrogens is 242 g/mol. The van der Waals surface area contributed by atoms with Crippen LogP contribution in [0, 0.1) is 6.92 Å². The summed E-state index contributed by atoms with van der Waals surface area (Å²) in [4.78, 5) is 0. The molecule has 102 valence electrons. The van der Waals surface area contributed by atoms with Crippen LogP contribution in [-0.2, 0) is 11.3 Å². The van der Waals surface area contributed by atoms with Crippen molar-refractivity contribution in [3.05, 3.63) is 35.5 Å².